The maximum Gasteiger partial charge on any atom is 0.276 e. The number of hydrazine groups is 1. The van der Waals surface area contributed by atoms with E-state index in [-0.39, 0.29) is 17.9 Å². The molecule has 1 atom stereocenters. The number of benzene rings is 1. The van der Waals surface area contributed by atoms with Gasteiger partial charge in [0, 0.05) is 5.70 Å². The van der Waals surface area contributed by atoms with Crippen molar-refractivity contribution < 1.29 is 14.3 Å². The molecule has 1 aliphatic rings. The van der Waals surface area contributed by atoms with Crippen LogP contribution in [-0.4, -0.2) is 19.6 Å². The summed E-state index contributed by atoms with van der Waals surface area (Å²) in [4.78, 5) is 11.9. The summed E-state index contributed by atoms with van der Waals surface area (Å²) < 4.78 is 10.7. The number of para-hydroxylation sites is 2. The van der Waals surface area contributed by atoms with Gasteiger partial charge >= 0.3 is 0 Å². The lowest BCUT2D eigenvalue weighted by Gasteiger charge is -2.32. The fourth-order valence-corrected chi connectivity index (χ4v) is 3.09. The molecular formula is C18H26N2O3. The van der Waals surface area contributed by atoms with Gasteiger partial charge in [0.2, 0.25) is 0 Å². The Hall–Kier alpha value is -2.17. The van der Waals surface area contributed by atoms with Crippen LogP contribution < -0.4 is 20.3 Å². The van der Waals surface area contributed by atoms with Crippen molar-refractivity contribution in [3.8, 4) is 11.5 Å². The SMILES string of the molecule is COc1ccccc1OCC(=O)NNC1=CC(C)(C)C[C@@H](C)C1. The van der Waals surface area contributed by atoms with Gasteiger partial charge in [0.25, 0.3) is 5.91 Å². The first-order valence-electron chi connectivity index (χ1n) is 7.92. The molecule has 126 valence electrons. The average Bonchev–Trinajstić information content (AvgIpc) is 2.49. The Bertz CT molecular complexity index is 581. The number of carbonyl (C=O) groups excluding carboxylic acids is 1. The van der Waals surface area contributed by atoms with E-state index in [9.17, 15) is 4.79 Å². The summed E-state index contributed by atoms with van der Waals surface area (Å²) in [5.41, 5.74) is 6.92. The topological polar surface area (TPSA) is 59.6 Å². The Kier molecular flexibility index (Phi) is 5.53. The van der Waals surface area contributed by atoms with Crippen LogP contribution in [0.5, 0.6) is 11.5 Å². The molecule has 0 fully saturated rings. The van der Waals surface area contributed by atoms with Crippen LogP contribution in [0.1, 0.15) is 33.6 Å². The number of nitrogens with one attached hydrogen (secondary N) is 2. The van der Waals surface area contributed by atoms with Crippen molar-refractivity contribution in [3.05, 3.63) is 36.0 Å². The van der Waals surface area contributed by atoms with Crippen molar-refractivity contribution in [2.24, 2.45) is 11.3 Å². The van der Waals surface area contributed by atoms with E-state index in [1.807, 2.05) is 12.1 Å². The molecule has 0 aliphatic heterocycles. The highest BCUT2D eigenvalue weighted by Crippen LogP contribution is 2.35. The van der Waals surface area contributed by atoms with Gasteiger partial charge in [-0.25, -0.2) is 0 Å². The summed E-state index contributed by atoms with van der Waals surface area (Å²) in [5, 5.41) is 0. The maximum absolute atomic E-state index is 11.9. The highest BCUT2D eigenvalue weighted by Gasteiger charge is 2.25. The van der Waals surface area contributed by atoms with Gasteiger partial charge in [-0.2, -0.15) is 0 Å². The number of hydrogen-bond donors (Lipinski definition) is 2. The van der Waals surface area contributed by atoms with Crippen LogP contribution in [0, 0.1) is 11.3 Å². The predicted molar refractivity (Wildman–Crippen MR) is 90.0 cm³/mol. The van der Waals surface area contributed by atoms with E-state index < -0.39 is 0 Å². The number of amides is 1. The second-order valence-corrected chi connectivity index (χ2v) is 6.78. The molecule has 1 aromatic rings. The molecule has 0 bridgehead atoms. The highest BCUT2D eigenvalue weighted by molar-refractivity contribution is 5.77. The molecule has 0 aromatic heterocycles. The molecule has 1 aliphatic carbocycles. The molecule has 0 spiro atoms. The number of allylic oxidation sites excluding steroid dienone is 2. The van der Waals surface area contributed by atoms with Crippen LogP contribution in [0.25, 0.3) is 0 Å². The zero-order chi connectivity index (χ0) is 16.9. The normalized spacial score (nSPS) is 19.5. The lowest BCUT2D eigenvalue weighted by Crippen LogP contribution is -2.41. The summed E-state index contributed by atoms with van der Waals surface area (Å²) in [5.74, 6) is 1.53. The summed E-state index contributed by atoms with van der Waals surface area (Å²) in [6.45, 7) is 6.57. The number of ether oxygens (including phenoxy) is 2. The molecule has 23 heavy (non-hydrogen) atoms. The minimum atomic E-state index is -0.229. The number of carbonyl (C=O) groups is 1. The van der Waals surface area contributed by atoms with Gasteiger partial charge in [-0.05, 0) is 36.3 Å². The van der Waals surface area contributed by atoms with Gasteiger partial charge in [0.05, 0.1) is 7.11 Å². The summed E-state index contributed by atoms with van der Waals surface area (Å²) >= 11 is 0. The summed E-state index contributed by atoms with van der Waals surface area (Å²) in [7, 11) is 1.57. The Morgan fingerprint density at radius 1 is 1.30 bits per heavy atom. The molecule has 5 nitrogen and oxygen atoms in total. The van der Waals surface area contributed by atoms with Crippen LogP contribution in [0.4, 0.5) is 0 Å². The van der Waals surface area contributed by atoms with Crippen molar-refractivity contribution in [2.75, 3.05) is 13.7 Å². The molecule has 1 aromatic carbocycles. The van der Waals surface area contributed by atoms with Crippen LogP contribution in [0.15, 0.2) is 36.0 Å². The maximum atomic E-state index is 11.9. The zero-order valence-electron chi connectivity index (χ0n) is 14.3. The lowest BCUT2D eigenvalue weighted by molar-refractivity contribution is -0.123. The van der Waals surface area contributed by atoms with Crippen molar-refractivity contribution in [1.29, 1.82) is 0 Å². The summed E-state index contributed by atoms with van der Waals surface area (Å²) in [6.07, 6.45) is 4.29. The Morgan fingerprint density at radius 2 is 2.00 bits per heavy atom. The van der Waals surface area contributed by atoms with Gasteiger partial charge in [-0.15, -0.1) is 0 Å². The molecular weight excluding hydrogens is 292 g/mol. The first-order chi connectivity index (χ1) is 10.9. The van der Waals surface area contributed by atoms with Gasteiger partial charge in [0.15, 0.2) is 18.1 Å². The second kappa shape index (κ2) is 7.40. The van der Waals surface area contributed by atoms with E-state index in [0.29, 0.717) is 17.4 Å². The Morgan fingerprint density at radius 3 is 2.65 bits per heavy atom. The summed E-state index contributed by atoms with van der Waals surface area (Å²) in [6, 6.07) is 7.26. The van der Waals surface area contributed by atoms with E-state index in [0.717, 1.165) is 18.5 Å². The molecule has 1 amide bonds. The minimum Gasteiger partial charge on any atom is -0.493 e. The van der Waals surface area contributed by atoms with Crippen LogP contribution >= 0.6 is 0 Å². The molecule has 0 unspecified atom stereocenters. The molecule has 0 saturated heterocycles. The van der Waals surface area contributed by atoms with E-state index in [1.54, 1.807) is 19.2 Å². The largest absolute Gasteiger partial charge is 0.493 e. The third-order valence-corrected chi connectivity index (χ3v) is 3.80. The quantitative estimate of drug-likeness (QED) is 0.792. The average molecular weight is 318 g/mol. The number of hydrogen-bond acceptors (Lipinski definition) is 4. The molecule has 2 rings (SSSR count). The van der Waals surface area contributed by atoms with Gasteiger partial charge in [-0.1, -0.05) is 39.0 Å². The zero-order valence-corrected chi connectivity index (χ0v) is 14.3. The van der Waals surface area contributed by atoms with E-state index in [2.05, 4.69) is 37.7 Å². The lowest BCUT2D eigenvalue weighted by atomic mass is 9.76. The Balaban J connectivity index is 1.83. The van der Waals surface area contributed by atoms with Gasteiger partial charge in [-0.3, -0.25) is 10.2 Å². The second-order valence-electron chi connectivity index (χ2n) is 6.78. The van der Waals surface area contributed by atoms with Gasteiger partial charge < -0.3 is 14.9 Å². The predicted octanol–water partition coefficient (Wildman–Crippen LogP) is 3.03. The van der Waals surface area contributed by atoms with Crippen molar-refractivity contribution in [2.45, 2.75) is 33.6 Å². The van der Waals surface area contributed by atoms with Crippen LogP contribution in [0.2, 0.25) is 0 Å². The van der Waals surface area contributed by atoms with Crippen LogP contribution in [0.3, 0.4) is 0 Å². The minimum absolute atomic E-state index is 0.0698. The molecule has 0 saturated carbocycles. The fraction of sp³-hybridized carbons (Fsp3) is 0.500. The molecule has 5 heteroatoms. The molecule has 2 N–H and O–H groups in total. The fourth-order valence-electron chi connectivity index (χ4n) is 3.09. The first-order valence-corrected chi connectivity index (χ1v) is 7.92. The van der Waals surface area contributed by atoms with E-state index in [1.165, 1.54) is 0 Å². The third-order valence-electron chi connectivity index (χ3n) is 3.80. The first kappa shape index (κ1) is 17.2. The van der Waals surface area contributed by atoms with Crippen LogP contribution in [-0.2, 0) is 4.79 Å². The van der Waals surface area contributed by atoms with E-state index in [4.69, 9.17) is 9.47 Å². The Labute approximate surface area is 138 Å². The van der Waals surface area contributed by atoms with Crippen molar-refractivity contribution in [1.82, 2.24) is 10.9 Å². The third kappa shape index (κ3) is 5.20. The van der Waals surface area contributed by atoms with Crippen molar-refractivity contribution >= 4 is 5.91 Å². The monoisotopic (exact) mass is 318 g/mol. The highest BCUT2D eigenvalue weighted by atomic mass is 16.5. The smallest absolute Gasteiger partial charge is 0.276 e. The van der Waals surface area contributed by atoms with Gasteiger partial charge in [0.1, 0.15) is 0 Å². The molecule has 0 radical (unpaired) electrons. The standard InChI is InChI=1S/C18H26N2O3/c1-13-9-14(11-18(2,3)10-13)19-20-17(21)12-23-16-8-6-5-7-15(16)22-4/h5-8,11,13,19H,9-10,12H2,1-4H3,(H,20,21)/t13-/m0/s1. The van der Waals surface area contributed by atoms with Crippen molar-refractivity contribution in [3.63, 3.8) is 0 Å². The molecule has 0 heterocycles. The van der Waals surface area contributed by atoms with E-state index >= 15 is 0 Å². The number of methoxy groups -OCH3 is 1. The number of rotatable bonds is 6.